The van der Waals surface area contributed by atoms with E-state index in [-0.39, 0.29) is 11.8 Å². The lowest BCUT2D eigenvalue weighted by molar-refractivity contribution is -0.126. The fourth-order valence-electron chi connectivity index (χ4n) is 2.25. The first-order chi connectivity index (χ1) is 9.15. The van der Waals surface area contributed by atoms with E-state index in [1.54, 1.807) is 0 Å². The predicted molar refractivity (Wildman–Crippen MR) is 73.7 cm³/mol. The first-order valence-corrected chi connectivity index (χ1v) is 8.00. The van der Waals surface area contributed by atoms with Crippen molar-refractivity contribution in [3.05, 3.63) is 0 Å². The van der Waals surface area contributed by atoms with Gasteiger partial charge in [0, 0.05) is 36.8 Å². The lowest BCUT2D eigenvalue weighted by Gasteiger charge is -2.31. The summed E-state index contributed by atoms with van der Waals surface area (Å²) in [7, 11) is 0. The minimum absolute atomic E-state index is 0.0381. The Morgan fingerprint density at radius 2 is 1.89 bits per heavy atom. The Bertz CT molecular complexity index is 294. The Balaban J connectivity index is 2.09. The van der Waals surface area contributed by atoms with Crippen molar-refractivity contribution in [2.75, 3.05) is 26.2 Å². The Hall–Kier alpha value is -0.500. The molecule has 3 N–H and O–H groups in total. The molecule has 1 heterocycles. The van der Waals surface area contributed by atoms with Crippen LogP contribution < -0.4 is 11.1 Å². The zero-order chi connectivity index (χ0) is 14.1. The van der Waals surface area contributed by atoms with Crippen LogP contribution in [0.3, 0.4) is 0 Å². The van der Waals surface area contributed by atoms with Gasteiger partial charge in [-0.2, -0.15) is 0 Å². The molecule has 0 aromatic rings. The van der Waals surface area contributed by atoms with E-state index in [2.05, 4.69) is 5.32 Å². The molecule has 0 radical (unpaired) electrons. The summed E-state index contributed by atoms with van der Waals surface area (Å²) < 4.78 is 22.9. The highest BCUT2D eigenvalue weighted by atomic mass is 32.2. The lowest BCUT2D eigenvalue weighted by atomic mass is 9.97. The van der Waals surface area contributed by atoms with Crippen LogP contribution in [0.15, 0.2) is 0 Å². The van der Waals surface area contributed by atoms with Crippen molar-refractivity contribution in [2.24, 2.45) is 11.7 Å². The minimum atomic E-state index is -2.15. The van der Waals surface area contributed by atoms with Crippen molar-refractivity contribution in [2.45, 2.75) is 38.5 Å². The van der Waals surface area contributed by atoms with Crippen molar-refractivity contribution in [1.29, 1.82) is 0 Å². The average Bonchev–Trinajstić information content (AvgIpc) is 2.42. The summed E-state index contributed by atoms with van der Waals surface area (Å²) in [4.78, 5) is 11.9. The maximum absolute atomic E-state index is 11.9. The van der Waals surface area contributed by atoms with E-state index in [4.69, 9.17) is 5.73 Å². The molecule has 1 aliphatic heterocycles. The Morgan fingerprint density at radius 1 is 1.26 bits per heavy atom. The highest BCUT2D eigenvalue weighted by Crippen LogP contribution is 2.17. The number of hydrogen-bond donors (Lipinski definition) is 2. The number of nitrogens with two attached hydrogens (primary N) is 1. The SMILES string of the molecule is NCCCCCCNC(=O)C1CCN(S(=O)[O-])CC1. The average molecular weight is 290 g/mol. The van der Waals surface area contributed by atoms with Crippen LogP contribution in [0.4, 0.5) is 0 Å². The summed E-state index contributed by atoms with van der Waals surface area (Å²) >= 11 is -2.15. The van der Waals surface area contributed by atoms with Gasteiger partial charge in [0.15, 0.2) is 0 Å². The number of carbonyl (C=O) groups excluding carboxylic acids is 1. The molecule has 1 atom stereocenters. The van der Waals surface area contributed by atoms with Gasteiger partial charge in [-0.15, -0.1) is 0 Å². The van der Waals surface area contributed by atoms with Crippen LogP contribution in [0, 0.1) is 5.92 Å². The molecule has 1 amide bonds. The largest absolute Gasteiger partial charge is 0.760 e. The fraction of sp³-hybridized carbons (Fsp3) is 0.917. The summed E-state index contributed by atoms with van der Waals surface area (Å²) in [6.45, 7) is 2.33. The molecule has 0 aromatic heterocycles. The van der Waals surface area contributed by atoms with Crippen LogP contribution in [0.2, 0.25) is 0 Å². The van der Waals surface area contributed by atoms with Crippen LogP contribution in [0.5, 0.6) is 0 Å². The van der Waals surface area contributed by atoms with Crippen LogP contribution >= 0.6 is 0 Å². The molecular weight excluding hydrogens is 266 g/mol. The van der Waals surface area contributed by atoms with Crippen LogP contribution in [-0.4, -0.2) is 45.2 Å². The molecule has 0 aliphatic carbocycles. The van der Waals surface area contributed by atoms with Crippen molar-refractivity contribution in [3.8, 4) is 0 Å². The fourth-order valence-corrected chi connectivity index (χ4v) is 2.75. The number of carbonyl (C=O) groups is 1. The molecule has 19 heavy (non-hydrogen) atoms. The predicted octanol–water partition coefficient (Wildman–Crippen LogP) is 0.128. The summed E-state index contributed by atoms with van der Waals surface area (Å²) in [5, 5.41) is 2.93. The van der Waals surface area contributed by atoms with Gasteiger partial charge in [-0.25, -0.2) is 4.31 Å². The number of nitrogens with zero attached hydrogens (tertiary/aromatic N) is 1. The number of nitrogens with one attached hydrogen (secondary N) is 1. The quantitative estimate of drug-likeness (QED) is 0.490. The highest BCUT2D eigenvalue weighted by molar-refractivity contribution is 7.76. The van der Waals surface area contributed by atoms with E-state index in [1.165, 1.54) is 4.31 Å². The standard InChI is InChI=1S/C12H25N3O3S/c13-7-3-1-2-4-8-14-12(16)11-5-9-15(10-6-11)19(17)18/h11H,1-10,13H2,(H,14,16)(H,17,18)/p-1. The smallest absolute Gasteiger partial charge is 0.223 e. The van der Waals surface area contributed by atoms with Crippen molar-refractivity contribution >= 4 is 17.2 Å². The molecule has 7 heteroatoms. The molecular formula is C12H24N3O3S-. The van der Waals surface area contributed by atoms with Gasteiger partial charge in [0.25, 0.3) is 0 Å². The summed E-state index contributed by atoms with van der Waals surface area (Å²) in [6.07, 6.45) is 5.46. The molecule has 0 spiro atoms. The summed E-state index contributed by atoms with van der Waals surface area (Å²) in [5.74, 6) is 0.0268. The molecule has 1 aliphatic rings. The lowest BCUT2D eigenvalue weighted by Crippen LogP contribution is -2.41. The van der Waals surface area contributed by atoms with Gasteiger partial charge in [-0.1, -0.05) is 12.8 Å². The van der Waals surface area contributed by atoms with Gasteiger partial charge >= 0.3 is 0 Å². The monoisotopic (exact) mass is 290 g/mol. The van der Waals surface area contributed by atoms with E-state index in [1.807, 2.05) is 0 Å². The molecule has 1 unspecified atom stereocenters. The van der Waals surface area contributed by atoms with Crippen molar-refractivity contribution in [3.63, 3.8) is 0 Å². The molecule has 0 aromatic carbocycles. The zero-order valence-corrected chi connectivity index (χ0v) is 12.1. The van der Waals surface area contributed by atoms with Crippen molar-refractivity contribution < 1.29 is 13.6 Å². The Morgan fingerprint density at radius 3 is 2.47 bits per heavy atom. The third-order valence-electron chi connectivity index (χ3n) is 3.47. The van der Waals surface area contributed by atoms with Gasteiger partial charge in [-0.3, -0.25) is 9.00 Å². The second-order valence-electron chi connectivity index (χ2n) is 4.91. The molecule has 1 saturated heterocycles. The minimum Gasteiger partial charge on any atom is -0.760 e. The number of hydrogen-bond acceptors (Lipinski definition) is 4. The van der Waals surface area contributed by atoms with Gasteiger partial charge in [-0.05, 0) is 32.2 Å². The number of piperidine rings is 1. The Kier molecular flexibility index (Phi) is 8.20. The van der Waals surface area contributed by atoms with Gasteiger partial charge in [0.2, 0.25) is 5.91 Å². The first kappa shape index (κ1) is 16.6. The second kappa shape index (κ2) is 9.41. The van der Waals surface area contributed by atoms with Gasteiger partial charge in [0.1, 0.15) is 0 Å². The van der Waals surface area contributed by atoms with E-state index >= 15 is 0 Å². The van der Waals surface area contributed by atoms with E-state index in [9.17, 15) is 13.6 Å². The molecule has 6 nitrogen and oxygen atoms in total. The third-order valence-corrected chi connectivity index (χ3v) is 4.25. The zero-order valence-electron chi connectivity index (χ0n) is 11.3. The molecule has 1 fully saturated rings. The normalized spacial score (nSPS) is 19.3. The first-order valence-electron chi connectivity index (χ1n) is 6.97. The maximum Gasteiger partial charge on any atom is 0.223 e. The van der Waals surface area contributed by atoms with Crippen LogP contribution in [0.25, 0.3) is 0 Å². The third kappa shape index (κ3) is 6.47. The van der Waals surface area contributed by atoms with Gasteiger partial charge in [0.05, 0.1) is 0 Å². The molecule has 0 bridgehead atoms. The second-order valence-corrected chi connectivity index (χ2v) is 5.86. The van der Waals surface area contributed by atoms with E-state index < -0.39 is 11.3 Å². The van der Waals surface area contributed by atoms with Crippen molar-refractivity contribution in [1.82, 2.24) is 9.62 Å². The molecule has 0 saturated carbocycles. The number of unbranched alkanes of at least 4 members (excludes halogenated alkanes) is 3. The number of amides is 1. The van der Waals surface area contributed by atoms with Crippen LogP contribution in [-0.2, 0) is 16.1 Å². The van der Waals surface area contributed by atoms with E-state index in [0.717, 1.165) is 32.2 Å². The van der Waals surface area contributed by atoms with Gasteiger partial charge < -0.3 is 15.6 Å². The molecule has 1 rings (SSSR count). The topological polar surface area (TPSA) is 98.5 Å². The summed E-state index contributed by atoms with van der Waals surface area (Å²) in [6, 6.07) is 0. The Labute approximate surface area is 117 Å². The molecule has 112 valence electrons. The number of rotatable bonds is 8. The highest BCUT2D eigenvalue weighted by Gasteiger charge is 2.24. The summed E-state index contributed by atoms with van der Waals surface area (Å²) in [5.41, 5.74) is 5.40. The van der Waals surface area contributed by atoms with Crippen LogP contribution in [0.1, 0.15) is 38.5 Å². The van der Waals surface area contributed by atoms with E-state index in [0.29, 0.717) is 32.5 Å². The maximum atomic E-state index is 11.9.